The van der Waals surface area contributed by atoms with E-state index in [1.807, 2.05) is 38.4 Å². The Morgan fingerprint density at radius 3 is 2.90 bits per heavy atom. The number of anilines is 1. The standard InChI is InChI=1S/C14H17ClN2OS2/c1-8(7-19-3)17(2)14(18)13-12(16)10-6-9(15)4-5-11(10)20-13/h4-6,8H,7,16H2,1-3H3. The largest absolute Gasteiger partial charge is 0.397 e. The normalized spacial score (nSPS) is 12.6. The van der Waals surface area contributed by atoms with E-state index in [1.165, 1.54) is 11.3 Å². The van der Waals surface area contributed by atoms with Gasteiger partial charge in [-0.3, -0.25) is 4.79 Å². The first-order chi connectivity index (χ1) is 9.45. The molecule has 0 saturated carbocycles. The summed E-state index contributed by atoms with van der Waals surface area (Å²) >= 11 is 9.13. The van der Waals surface area contributed by atoms with Crippen LogP contribution in [-0.2, 0) is 0 Å². The average molecular weight is 329 g/mol. The van der Waals surface area contributed by atoms with Gasteiger partial charge in [-0.15, -0.1) is 11.3 Å². The molecule has 0 spiro atoms. The summed E-state index contributed by atoms with van der Waals surface area (Å²) in [4.78, 5) is 14.9. The van der Waals surface area contributed by atoms with E-state index >= 15 is 0 Å². The van der Waals surface area contributed by atoms with Gasteiger partial charge in [0.2, 0.25) is 0 Å². The van der Waals surface area contributed by atoms with Crippen molar-refractivity contribution in [3.8, 4) is 0 Å². The zero-order chi connectivity index (χ0) is 14.9. The van der Waals surface area contributed by atoms with E-state index < -0.39 is 0 Å². The van der Waals surface area contributed by atoms with E-state index in [2.05, 4.69) is 0 Å². The first kappa shape index (κ1) is 15.5. The number of rotatable bonds is 4. The lowest BCUT2D eigenvalue weighted by Crippen LogP contribution is -2.36. The maximum absolute atomic E-state index is 12.6. The molecule has 0 saturated heterocycles. The molecule has 20 heavy (non-hydrogen) atoms. The van der Waals surface area contributed by atoms with Gasteiger partial charge in [-0.1, -0.05) is 11.6 Å². The number of halogens is 1. The second kappa shape index (κ2) is 6.24. The van der Waals surface area contributed by atoms with Crippen LogP contribution in [-0.4, -0.2) is 35.9 Å². The Hall–Kier alpha value is -0.910. The summed E-state index contributed by atoms with van der Waals surface area (Å²) in [6, 6.07) is 5.70. The third-order valence-electron chi connectivity index (χ3n) is 3.27. The number of carbonyl (C=O) groups is 1. The summed E-state index contributed by atoms with van der Waals surface area (Å²) in [6.45, 7) is 2.04. The van der Waals surface area contributed by atoms with Gasteiger partial charge in [-0.25, -0.2) is 0 Å². The summed E-state index contributed by atoms with van der Waals surface area (Å²) in [5.74, 6) is 0.875. The molecule has 1 aromatic heterocycles. The molecule has 0 fully saturated rings. The quantitative estimate of drug-likeness (QED) is 0.924. The molecule has 0 aliphatic carbocycles. The van der Waals surface area contributed by atoms with E-state index in [0.29, 0.717) is 15.6 Å². The molecule has 2 rings (SSSR count). The molecule has 1 atom stereocenters. The minimum atomic E-state index is -0.0265. The Morgan fingerprint density at radius 2 is 2.25 bits per heavy atom. The van der Waals surface area contributed by atoms with Crippen molar-refractivity contribution in [3.05, 3.63) is 28.1 Å². The maximum atomic E-state index is 12.6. The highest BCUT2D eigenvalue weighted by Crippen LogP contribution is 2.36. The van der Waals surface area contributed by atoms with Crippen LogP contribution in [0.2, 0.25) is 5.02 Å². The zero-order valence-corrected chi connectivity index (χ0v) is 14.0. The van der Waals surface area contributed by atoms with Crippen molar-refractivity contribution in [3.63, 3.8) is 0 Å². The molecule has 6 heteroatoms. The number of carbonyl (C=O) groups excluding carboxylic acids is 1. The highest BCUT2D eigenvalue weighted by Gasteiger charge is 2.22. The predicted octanol–water partition coefficient (Wildman–Crippen LogP) is 3.96. The molecule has 0 aliphatic rings. The topological polar surface area (TPSA) is 46.3 Å². The van der Waals surface area contributed by atoms with Crippen molar-refractivity contribution in [2.75, 3.05) is 24.8 Å². The summed E-state index contributed by atoms with van der Waals surface area (Å²) in [5, 5.41) is 1.49. The van der Waals surface area contributed by atoms with Crippen LogP contribution in [0.25, 0.3) is 10.1 Å². The van der Waals surface area contributed by atoms with E-state index in [0.717, 1.165) is 15.8 Å². The summed E-state index contributed by atoms with van der Waals surface area (Å²) < 4.78 is 0.987. The van der Waals surface area contributed by atoms with Gasteiger partial charge in [0.1, 0.15) is 4.88 Å². The van der Waals surface area contributed by atoms with Crippen LogP contribution >= 0.6 is 34.7 Å². The van der Waals surface area contributed by atoms with Crippen molar-refractivity contribution in [1.29, 1.82) is 0 Å². The zero-order valence-electron chi connectivity index (χ0n) is 11.6. The molecule has 0 radical (unpaired) electrons. The van der Waals surface area contributed by atoms with E-state index in [1.54, 1.807) is 16.7 Å². The second-order valence-corrected chi connectivity index (χ2v) is 7.11. The Bertz CT molecular complexity index is 641. The Morgan fingerprint density at radius 1 is 1.55 bits per heavy atom. The third-order valence-corrected chi connectivity index (χ3v) is 5.50. The van der Waals surface area contributed by atoms with Crippen LogP contribution in [0.1, 0.15) is 16.6 Å². The van der Waals surface area contributed by atoms with Gasteiger partial charge < -0.3 is 10.6 Å². The summed E-state index contributed by atoms with van der Waals surface area (Å²) in [6.07, 6.45) is 2.03. The van der Waals surface area contributed by atoms with E-state index in [4.69, 9.17) is 17.3 Å². The number of amides is 1. The van der Waals surface area contributed by atoms with Crippen molar-refractivity contribution in [1.82, 2.24) is 4.90 Å². The van der Waals surface area contributed by atoms with Gasteiger partial charge >= 0.3 is 0 Å². The molecule has 1 amide bonds. The SMILES string of the molecule is CSCC(C)N(C)C(=O)c1sc2ccc(Cl)cc2c1N. The van der Waals surface area contributed by atoms with Gasteiger partial charge in [-0.05, 0) is 31.4 Å². The van der Waals surface area contributed by atoms with Gasteiger partial charge in [0.15, 0.2) is 0 Å². The number of thiophene rings is 1. The average Bonchev–Trinajstić information content (AvgIpc) is 2.74. The van der Waals surface area contributed by atoms with Crippen LogP contribution in [0, 0.1) is 0 Å². The molecule has 1 unspecified atom stereocenters. The van der Waals surface area contributed by atoms with Crippen LogP contribution in [0.3, 0.4) is 0 Å². The Labute approximate surface area is 132 Å². The smallest absolute Gasteiger partial charge is 0.266 e. The van der Waals surface area contributed by atoms with Gasteiger partial charge in [-0.2, -0.15) is 11.8 Å². The molecule has 0 aliphatic heterocycles. The lowest BCUT2D eigenvalue weighted by Gasteiger charge is -2.23. The number of benzene rings is 1. The molecule has 1 heterocycles. The highest BCUT2D eigenvalue weighted by atomic mass is 35.5. The van der Waals surface area contributed by atoms with Crippen molar-refractivity contribution in [2.45, 2.75) is 13.0 Å². The fraction of sp³-hybridized carbons (Fsp3) is 0.357. The highest BCUT2D eigenvalue weighted by molar-refractivity contribution is 7.98. The summed E-state index contributed by atoms with van der Waals surface area (Å²) in [7, 11) is 1.82. The predicted molar refractivity (Wildman–Crippen MR) is 91.2 cm³/mol. The molecular weight excluding hydrogens is 312 g/mol. The molecule has 2 N–H and O–H groups in total. The molecule has 1 aromatic carbocycles. The van der Waals surface area contributed by atoms with Crippen LogP contribution in [0.5, 0.6) is 0 Å². The number of nitrogens with two attached hydrogens (primary N) is 1. The molecule has 0 bridgehead atoms. The first-order valence-electron chi connectivity index (χ1n) is 6.19. The van der Waals surface area contributed by atoms with Crippen LogP contribution in [0.4, 0.5) is 5.69 Å². The minimum absolute atomic E-state index is 0.0265. The van der Waals surface area contributed by atoms with Crippen molar-refractivity contribution in [2.24, 2.45) is 0 Å². The van der Waals surface area contributed by atoms with Gasteiger partial charge in [0, 0.05) is 34.0 Å². The van der Waals surface area contributed by atoms with E-state index in [9.17, 15) is 4.79 Å². The third kappa shape index (κ3) is 2.90. The van der Waals surface area contributed by atoms with Crippen molar-refractivity contribution >= 4 is 56.4 Å². The Kier molecular flexibility index (Phi) is 4.83. The number of nitrogens with zero attached hydrogens (tertiary/aromatic N) is 1. The van der Waals surface area contributed by atoms with Gasteiger partial charge in [0.25, 0.3) is 5.91 Å². The Balaban J connectivity index is 2.37. The fourth-order valence-corrected chi connectivity index (χ4v) is 3.93. The van der Waals surface area contributed by atoms with Crippen LogP contribution in [0.15, 0.2) is 18.2 Å². The fourth-order valence-electron chi connectivity index (χ4n) is 1.96. The number of hydrogen-bond acceptors (Lipinski definition) is 4. The van der Waals surface area contributed by atoms with Gasteiger partial charge in [0.05, 0.1) is 5.69 Å². The molecule has 108 valence electrons. The number of hydrogen-bond donors (Lipinski definition) is 1. The second-order valence-electron chi connectivity index (χ2n) is 4.71. The maximum Gasteiger partial charge on any atom is 0.266 e. The molecular formula is C14H17ClN2OS2. The summed E-state index contributed by atoms with van der Waals surface area (Å²) in [5.41, 5.74) is 6.65. The first-order valence-corrected chi connectivity index (χ1v) is 8.78. The monoisotopic (exact) mass is 328 g/mol. The minimum Gasteiger partial charge on any atom is -0.397 e. The van der Waals surface area contributed by atoms with E-state index in [-0.39, 0.29) is 11.9 Å². The molecule has 3 nitrogen and oxygen atoms in total. The molecule has 2 aromatic rings. The lowest BCUT2D eigenvalue weighted by molar-refractivity contribution is 0.0763. The number of thioether (sulfide) groups is 1. The lowest BCUT2D eigenvalue weighted by atomic mass is 10.2. The number of fused-ring (bicyclic) bond motifs is 1. The van der Waals surface area contributed by atoms with Crippen LogP contribution < -0.4 is 5.73 Å². The van der Waals surface area contributed by atoms with Crippen molar-refractivity contribution < 1.29 is 4.79 Å². The number of nitrogen functional groups attached to an aromatic ring is 1.